The molecule has 1 aliphatic rings. The first kappa shape index (κ1) is 16.0. The fourth-order valence-corrected chi connectivity index (χ4v) is 2.93. The second-order valence-electron chi connectivity index (χ2n) is 6.04. The number of aryl methyl sites for hydroxylation is 1. The monoisotopic (exact) mass is 325 g/mol. The number of carbonyl (C=O) groups excluding carboxylic acids is 2. The van der Waals surface area contributed by atoms with Gasteiger partial charge in [-0.05, 0) is 25.1 Å². The third kappa shape index (κ3) is 3.53. The summed E-state index contributed by atoms with van der Waals surface area (Å²) in [6, 6.07) is 12.4. The predicted octanol–water partition coefficient (Wildman–Crippen LogP) is 1.47. The van der Waals surface area contributed by atoms with Crippen molar-refractivity contribution in [3.63, 3.8) is 0 Å². The highest BCUT2D eigenvalue weighted by Gasteiger charge is 2.30. The Kier molecular flexibility index (Phi) is 4.46. The number of benzene rings is 1. The lowest BCUT2D eigenvalue weighted by molar-refractivity contribution is -0.117. The average Bonchev–Trinajstić information content (AvgIpc) is 2.93. The number of anilines is 1. The summed E-state index contributed by atoms with van der Waals surface area (Å²) in [6.07, 6.45) is 0.406. The molecule has 1 saturated heterocycles. The van der Waals surface area contributed by atoms with Crippen LogP contribution in [0, 0.1) is 12.8 Å². The first-order valence-electron chi connectivity index (χ1n) is 7.87. The first-order valence-corrected chi connectivity index (χ1v) is 7.87. The molecular formula is C18H19N3O3. The van der Waals surface area contributed by atoms with Crippen LogP contribution in [0.4, 0.5) is 5.69 Å². The molecule has 2 aromatic rings. The van der Waals surface area contributed by atoms with E-state index in [9.17, 15) is 14.4 Å². The summed E-state index contributed by atoms with van der Waals surface area (Å²) in [6.45, 7) is 2.71. The Morgan fingerprint density at radius 1 is 1.25 bits per heavy atom. The minimum atomic E-state index is -0.300. The van der Waals surface area contributed by atoms with Crippen molar-refractivity contribution in [3.05, 3.63) is 64.1 Å². The SMILES string of the molecule is Cc1cc(C(=O)NCC2CC(=O)N(c3ccccc3)C2)cc(=O)[nH]1. The molecule has 0 spiro atoms. The summed E-state index contributed by atoms with van der Waals surface area (Å²) < 4.78 is 0. The highest BCUT2D eigenvalue weighted by atomic mass is 16.2. The summed E-state index contributed by atoms with van der Waals surface area (Å²) in [5.41, 5.74) is 1.55. The van der Waals surface area contributed by atoms with E-state index in [0.717, 1.165) is 5.69 Å². The maximum absolute atomic E-state index is 12.2. The van der Waals surface area contributed by atoms with E-state index in [-0.39, 0.29) is 23.3 Å². The van der Waals surface area contributed by atoms with E-state index in [0.29, 0.717) is 30.8 Å². The summed E-state index contributed by atoms with van der Waals surface area (Å²) in [7, 11) is 0. The van der Waals surface area contributed by atoms with Crippen LogP contribution in [0.2, 0.25) is 0 Å². The largest absolute Gasteiger partial charge is 0.352 e. The molecule has 1 unspecified atom stereocenters. The zero-order chi connectivity index (χ0) is 17.1. The van der Waals surface area contributed by atoms with Crippen LogP contribution < -0.4 is 15.8 Å². The van der Waals surface area contributed by atoms with Gasteiger partial charge in [0.05, 0.1) is 0 Å². The molecule has 2 heterocycles. The lowest BCUT2D eigenvalue weighted by Crippen LogP contribution is -2.31. The van der Waals surface area contributed by atoms with Gasteiger partial charge in [-0.25, -0.2) is 0 Å². The van der Waals surface area contributed by atoms with Gasteiger partial charge in [-0.2, -0.15) is 0 Å². The third-order valence-corrected chi connectivity index (χ3v) is 4.07. The van der Waals surface area contributed by atoms with E-state index in [2.05, 4.69) is 10.3 Å². The number of H-pyrrole nitrogens is 1. The van der Waals surface area contributed by atoms with Gasteiger partial charge in [0, 0.05) is 48.4 Å². The van der Waals surface area contributed by atoms with Gasteiger partial charge in [0.15, 0.2) is 0 Å². The molecule has 1 aliphatic heterocycles. The molecule has 1 aromatic heterocycles. The molecule has 0 bridgehead atoms. The van der Waals surface area contributed by atoms with Gasteiger partial charge in [0.2, 0.25) is 11.5 Å². The highest BCUT2D eigenvalue weighted by molar-refractivity contribution is 5.96. The molecule has 0 aliphatic carbocycles. The second kappa shape index (κ2) is 6.70. The topological polar surface area (TPSA) is 82.3 Å². The van der Waals surface area contributed by atoms with Crippen LogP contribution in [0.3, 0.4) is 0 Å². The maximum Gasteiger partial charge on any atom is 0.251 e. The molecule has 1 fully saturated rings. The first-order chi connectivity index (χ1) is 11.5. The molecule has 0 radical (unpaired) electrons. The van der Waals surface area contributed by atoms with Crippen LogP contribution in [0.5, 0.6) is 0 Å². The second-order valence-corrected chi connectivity index (χ2v) is 6.04. The van der Waals surface area contributed by atoms with E-state index in [1.165, 1.54) is 6.07 Å². The Morgan fingerprint density at radius 2 is 2.00 bits per heavy atom. The number of hydrogen-bond acceptors (Lipinski definition) is 3. The molecule has 0 saturated carbocycles. The number of aromatic amines is 1. The quantitative estimate of drug-likeness (QED) is 0.893. The standard InChI is InChI=1S/C18H19N3O3/c1-12-7-14(9-16(22)20-12)18(24)19-10-13-8-17(23)21(11-13)15-5-3-2-4-6-15/h2-7,9,13H,8,10-11H2,1H3,(H,19,24)(H,20,22). The molecule has 2 amide bonds. The van der Waals surface area contributed by atoms with Crippen molar-refractivity contribution in [1.82, 2.24) is 10.3 Å². The van der Waals surface area contributed by atoms with E-state index >= 15 is 0 Å². The Morgan fingerprint density at radius 3 is 2.71 bits per heavy atom. The Balaban J connectivity index is 1.60. The lowest BCUT2D eigenvalue weighted by Gasteiger charge is -2.16. The van der Waals surface area contributed by atoms with Crippen LogP contribution in [0.15, 0.2) is 47.3 Å². The number of nitrogens with one attached hydrogen (secondary N) is 2. The number of para-hydroxylation sites is 1. The maximum atomic E-state index is 12.2. The normalized spacial score (nSPS) is 17.1. The van der Waals surface area contributed by atoms with Crippen molar-refractivity contribution in [2.24, 2.45) is 5.92 Å². The minimum absolute atomic E-state index is 0.0600. The number of nitrogens with zero attached hydrogens (tertiary/aromatic N) is 1. The van der Waals surface area contributed by atoms with Gasteiger partial charge in [0.1, 0.15) is 0 Å². The lowest BCUT2D eigenvalue weighted by atomic mass is 10.1. The molecule has 24 heavy (non-hydrogen) atoms. The van der Waals surface area contributed by atoms with Crippen molar-refractivity contribution in [3.8, 4) is 0 Å². The van der Waals surface area contributed by atoms with Crippen molar-refractivity contribution in [1.29, 1.82) is 0 Å². The summed E-state index contributed by atoms with van der Waals surface area (Å²) >= 11 is 0. The molecule has 1 atom stereocenters. The molecule has 6 nitrogen and oxygen atoms in total. The van der Waals surface area contributed by atoms with Gasteiger partial charge in [0.25, 0.3) is 5.91 Å². The van der Waals surface area contributed by atoms with Gasteiger partial charge < -0.3 is 15.2 Å². The Hall–Kier alpha value is -2.89. The number of carbonyl (C=O) groups is 2. The van der Waals surface area contributed by atoms with E-state index in [1.54, 1.807) is 17.9 Å². The average molecular weight is 325 g/mol. The van der Waals surface area contributed by atoms with Gasteiger partial charge >= 0.3 is 0 Å². The fourth-order valence-electron chi connectivity index (χ4n) is 2.93. The number of amides is 2. The van der Waals surface area contributed by atoms with Crippen molar-refractivity contribution in [2.45, 2.75) is 13.3 Å². The fraction of sp³-hybridized carbons (Fsp3) is 0.278. The number of aromatic nitrogens is 1. The third-order valence-electron chi connectivity index (χ3n) is 4.07. The number of hydrogen-bond donors (Lipinski definition) is 2. The predicted molar refractivity (Wildman–Crippen MR) is 91.0 cm³/mol. The zero-order valence-corrected chi connectivity index (χ0v) is 13.4. The smallest absolute Gasteiger partial charge is 0.251 e. The Labute approximate surface area is 139 Å². The molecule has 2 N–H and O–H groups in total. The molecule has 6 heteroatoms. The van der Waals surface area contributed by atoms with Crippen molar-refractivity contribution >= 4 is 17.5 Å². The molecule has 3 rings (SSSR count). The zero-order valence-electron chi connectivity index (χ0n) is 13.4. The molecular weight excluding hydrogens is 306 g/mol. The van der Waals surface area contributed by atoms with E-state index in [1.807, 2.05) is 30.3 Å². The van der Waals surface area contributed by atoms with Crippen LogP contribution in [0.1, 0.15) is 22.5 Å². The van der Waals surface area contributed by atoms with E-state index in [4.69, 9.17) is 0 Å². The van der Waals surface area contributed by atoms with E-state index < -0.39 is 0 Å². The highest BCUT2D eigenvalue weighted by Crippen LogP contribution is 2.24. The van der Waals surface area contributed by atoms with Crippen molar-refractivity contribution < 1.29 is 9.59 Å². The Bertz CT molecular complexity index is 814. The van der Waals surface area contributed by atoms with Crippen LogP contribution >= 0.6 is 0 Å². The summed E-state index contributed by atoms with van der Waals surface area (Å²) in [5, 5.41) is 2.82. The van der Waals surface area contributed by atoms with Crippen LogP contribution in [-0.2, 0) is 4.79 Å². The number of rotatable bonds is 4. The van der Waals surface area contributed by atoms with Crippen LogP contribution in [-0.4, -0.2) is 29.9 Å². The summed E-state index contributed by atoms with van der Waals surface area (Å²) in [4.78, 5) is 40.1. The molecule has 124 valence electrons. The summed E-state index contributed by atoms with van der Waals surface area (Å²) in [5.74, 6) is -0.174. The van der Waals surface area contributed by atoms with Crippen molar-refractivity contribution in [2.75, 3.05) is 18.0 Å². The van der Waals surface area contributed by atoms with Gasteiger partial charge in [-0.3, -0.25) is 14.4 Å². The number of pyridine rings is 1. The minimum Gasteiger partial charge on any atom is -0.352 e. The van der Waals surface area contributed by atoms with Gasteiger partial charge in [-0.15, -0.1) is 0 Å². The van der Waals surface area contributed by atoms with Crippen LogP contribution in [0.25, 0.3) is 0 Å². The van der Waals surface area contributed by atoms with Gasteiger partial charge in [-0.1, -0.05) is 18.2 Å². The molecule has 1 aromatic carbocycles.